The van der Waals surface area contributed by atoms with Gasteiger partial charge in [-0.15, -0.1) is 11.3 Å². The summed E-state index contributed by atoms with van der Waals surface area (Å²) in [5.74, 6) is -3.08. The number of carboxylic acids is 2. The molecule has 20 heavy (non-hydrogen) atoms. The van der Waals surface area contributed by atoms with Gasteiger partial charge in [0.05, 0.1) is 13.7 Å². The van der Waals surface area contributed by atoms with Crippen LogP contribution in [0.4, 0.5) is 9.93 Å². The van der Waals surface area contributed by atoms with Gasteiger partial charge in [0.25, 0.3) is 5.72 Å². The van der Waals surface area contributed by atoms with Gasteiger partial charge in [-0.1, -0.05) is 0 Å². The van der Waals surface area contributed by atoms with Crippen LogP contribution in [0, 0.1) is 0 Å². The summed E-state index contributed by atoms with van der Waals surface area (Å²) in [6.45, 7) is -0.792. The van der Waals surface area contributed by atoms with Crippen LogP contribution in [0.5, 0.6) is 0 Å². The quantitative estimate of drug-likeness (QED) is 0.425. The molecular formula is C9H11N3O7S. The average Bonchev–Trinajstić information content (AvgIpc) is 2.84. The molecule has 0 fully saturated rings. The first-order valence-corrected chi connectivity index (χ1v) is 5.91. The molecule has 11 heteroatoms. The minimum absolute atomic E-state index is 0.0105. The molecule has 0 aliphatic carbocycles. The summed E-state index contributed by atoms with van der Waals surface area (Å²) in [6.07, 6.45) is -0.816. The van der Waals surface area contributed by atoms with Crippen LogP contribution in [0.15, 0.2) is 5.38 Å². The summed E-state index contributed by atoms with van der Waals surface area (Å²) in [4.78, 5) is 36.1. The van der Waals surface area contributed by atoms with Gasteiger partial charge in [0.1, 0.15) is 5.69 Å². The molecule has 1 atom stereocenters. The summed E-state index contributed by atoms with van der Waals surface area (Å²) in [5, 5.41) is 32.7. The highest BCUT2D eigenvalue weighted by molar-refractivity contribution is 7.13. The monoisotopic (exact) mass is 305 g/mol. The van der Waals surface area contributed by atoms with Gasteiger partial charge in [0.15, 0.2) is 5.13 Å². The molecule has 1 amide bonds. The molecule has 1 aromatic heterocycles. The SMILES string of the molecule is COC(=O)Nc1nc(C(O)(NCC(=O)O)C(=O)O)cs1. The fourth-order valence-electron chi connectivity index (χ4n) is 1.11. The van der Waals surface area contributed by atoms with Gasteiger partial charge in [-0.2, -0.15) is 0 Å². The molecule has 0 bridgehead atoms. The Balaban J connectivity index is 2.95. The number of hydrogen-bond donors (Lipinski definition) is 5. The molecule has 0 spiro atoms. The molecule has 1 unspecified atom stereocenters. The second-order valence-electron chi connectivity index (χ2n) is 3.42. The standard InChI is InChI=1S/C9H11N3O7S/c1-19-8(17)12-7-11-4(3-20-7)9(18,6(15)16)10-2-5(13)14/h3,10,18H,2H2,1H3,(H,13,14)(H,15,16)(H,11,12,17). The van der Waals surface area contributed by atoms with E-state index in [-0.39, 0.29) is 10.8 Å². The van der Waals surface area contributed by atoms with E-state index in [0.29, 0.717) is 0 Å². The van der Waals surface area contributed by atoms with E-state index in [1.54, 1.807) is 0 Å². The van der Waals surface area contributed by atoms with E-state index < -0.39 is 30.3 Å². The van der Waals surface area contributed by atoms with Gasteiger partial charge in [-0.05, 0) is 0 Å². The Hall–Kier alpha value is -2.24. The van der Waals surface area contributed by atoms with Crippen molar-refractivity contribution in [2.45, 2.75) is 5.72 Å². The maximum absolute atomic E-state index is 11.1. The van der Waals surface area contributed by atoms with E-state index in [9.17, 15) is 19.5 Å². The number of aliphatic carboxylic acids is 2. The predicted molar refractivity (Wildman–Crippen MR) is 65.3 cm³/mol. The Kier molecular flexibility index (Phi) is 4.96. The highest BCUT2D eigenvalue weighted by Crippen LogP contribution is 2.24. The number of anilines is 1. The van der Waals surface area contributed by atoms with Crippen LogP contribution in [0.25, 0.3) is 0 Å². The van der Waals surface area contributed by atoms with Gasteiger partial charge in [-0.3, -0.25) is 15.4 Å². The number of rotatable bonds is 6. The molecule has 0 aliphatic rings. The molecule has 10 nitrogen and oxygen atoms in total. The molecular weight excluding hydrogens is 294 g/mol. The summed E-state index contributed by atoms with van der Waals surface area (Å²) < 4.78 is 4.32. The zero-order valence-electron chi connectivity index (χ0n) is 10.1. The van der Waals surface area contributed by atoms with Gasteiger partial charge in [0, 0.05) is 5.38 Å². The Bertz CT molecular complexity index is 531. The van der Waals surface area contributed by atoms with Gasteiger partial charge >= 0.3 is 18.0 Å². The van der Waals surface area contributed by atoms with Crippen molar-refractivity contribution in [3.63, 3.8) is 0 Å². The largest absolute Gasteiger partial charge is 0.480 e. The number of carboxylic acid groups (broad SMARTS) is 2. The van der Waals surface area contributed by atoms with Gasteiger partial charge in [0.2, 0.25) is 0 Å². The number of aliphatic hydroxyl groups is 1. The maximum atomic E-state index is 11.1. The third-order valence-corrected chi connectivity index (χ3v) is 2.83. The summed E-state index contributed by atoms with van der Waals surface area (Å²) in [7, 11) is 1.13. The normalized spacial score (nSPS) is 13.3. The van der Waals surface area contributed by atoms with E-state index in [1.807, 2.05) is 5.32 Å². The van der Waals surface area contributed by atoms with Crippen molar-refractivity contribution in [3.05, 3.63) is 11.1 Å². The number of carbonyl (C=O) groups excluding carboxylic acids is 1. The second-order valence-corrected chi connectivity index (χ2v) is 4.28. The van der Waals surface area contributed by atoms with Crippen LogP contribution in [0.2, 0.25) is 0 Å². The number of amides is 1. The Morgan fingerprint density at radius 3 is 2.60 bits per heavy atom. The number of carbonyl (C=O) groups is 3. The second kappa shape index (κ2) is 6.27. The van der Waals surface area contributed by atoms with Crippen molar-refractivity contribution in [1.29, 1.82) is 0 Å². The van der Waals surface area contributed by atoms with Crippen LogP contribution in [0.1, 0.15) is 5.69 Å². The fourth-order valence-corrected chi connectivity index (χ4v) is 1.85. The molecule has 0 aliphatic heterocycles. The number of nitrogens with zero attached hydrogens (tertiary/aromatic N) is 1. The number of thiazole rings is 1. The summed E-state index contributed by atoms with van der Waals surface area (Å²) in [6, 6.07) is 0. The smallest absolute Gasteiger partial charge is 0.413 e. The van der Waals surface area contributed by atoms with E-state index >= 15 is 0 Å². The first kappa shape index (κ1) is 15.8. The Morgan fingerprint density at radius 2 is 2.10 bits per heavy atom. The third-order valence-electron chi connectivity index (χ3n) is 2.07. The predicted octanol–water partition coefficient (Wildman–Crippen LogP) is -0.775. The van der Waals surface area contributed by atoms with E-state index in [2.05, 4.69) is 15.0 Å². The van der Waals surface area contributed by atoms with Crippen LogP contribution in [-0.2, 0) is 20.1 Å². The Morgan fingerprint density at radius 1 is 1.45 bits per heavy atom. The number of aromatic nitrogens is 1. The lowest BCUT2D eigenvalue weighted by molar-refractivity contribution is -0.165. The van der Waals surface area contributed by atoms with E-state index in [4.69, 9.17) is 10.2 Å². The highest BCUT2D eigenvalue weighted by atomic mass is 32.1. The molecule has 0 saturated heterocycles. The van der Waals surface area contributed by atoms with Crippen LogP contribution in [-0.4, -0.2) is 52.0 Å². The Labute approximate surface area is 116 Å². The molecule has 0 aromatic carbocycles. The molecule has 0 saturated carbocycles. The molecule has 1 aromatic rings. The molecule has 110 valence electrons. The average molecular weight is 305 g/mol. The number of hydrogen-bond acceptors (Lipinski definition) is 8. The molecule has 1 rings (SSSR count). The molecule has 1 heterocycles. The lowest BCUT2D eigenvalue weighted by atomic mass is 10.1. The topological polar surface area (TPSA) is 158 Å². The van der Waals surface area contributed by atoms with Crippen molar-refractivity contribution < 1.29 is 34.4 Å². The van der Waals surface area contributed by atoms with Crippen LogP contribution < -0.4 is 10.6 Å². The number of nitrogens with one attached hydrogen (secondary N) is 2. The summed E-state index contributed by atoms with van der Waals surface area (Å²) >= 11 is 0.838. The zero-order chi connectivity index (χ0) is 15.3. The van der Waals surface area contributed by atoms with Gasteiger partial charge < -0.3 is 20.1 Å². The highest BCUT2D eigenvalue weighted by Gasteiger charge is 2.41. The number of methoxy groups -OCH3 is 1. The summed E-state index contributed by atoms with van der Waals surface area (Å²) in [5.41, 5.74) is -3.03. The van der Waals surface area contributed by atoms with Crippen LogP contribution in [0.3, 0.4) is 0 Å². The minimum atomic E-state index is -2.68. The van der Waals surface area contributed by atoms with Crippen molar-refractivity contribution in [2.75, 3.05) is 19.0 Å². The van der Waals surface area contributed by atoms with E-state index in [0.717, 1.165) is 23.8 Å². The van der Waals surface area contributed by atoms with Crippen molar-refractivity contribution >= 4 is 34.5 Å². The lowest BCUT2D eigenvalue weighted by Crippen LogP contribution is -2.51. The first-order valence-electron chi connectivity index (χ1n) is 5.03. The minimum Gasteiger partial charge on any atom is -0.480 e. The first-order chi connectivity index (χ1) is 9.29. The zero-order valence-corrected chi connectivity index (χ0v) is 10.9. The van der Waals surface area contributed by atoms with Crippen molar-refractivity contribution in [3.8, 4) is 0 Å². The van der Waals surface area contributed by atoms with E-state index in [1.165, 1.54) is 0 Å². The van der Waals surface area contributed by atoms with Crippen molar-refractivity contribution in [2.24, 2.45) is 0 Å². The maximum Gasteiger partial charge on any atom is 0.413 e. The fraction of sp³-hybridized carbons (Fsp3) is 0.333. The van der Waals surface area contributed by atoms with Crippen molar-refractivity contribution in [1.82, 2.24) is 10.3 Å². The molecule has 5 N–H and O–H groups in total. The van der Waals surface area contributed by atoms with Crippen LogP contribution >= 0.6 is 11.3 Å². The van der Waals surface area contributed by atoms with Gasteiger partial charge in [-0.25, -0.2) is 14.6 Å². The third kappa shape index (κ3) is 3.63. The molecule has 0 radical (unpaired) electrons. The number of ether oxygens (including phenoxy) is 1. The lowest BCUT2D eigenvalue weighted by Gasteiger charge is -2.21.